The summed E-state index contributed by atoms with van der Waals surface area (Å²) in [6, 6.07) is 7.08. The summed E-state index contributed by atoms with van der Waals surface area (Å²) in [4.78, 5) is 11.4. The Morgan fingerprint density at radius 2 is 2.20 bits per heavy atom. The second-order valence-corrected chi connectivity index (χ2v) is 6.22. The van der Waals surface area contributed by atoms with E-state index in [0.29, 0.717) is 17.9 Å². The third-order valence-electron chi connectivity index (χ3n) is 3.55. The fourth-order valence-electron chi connectivity index (χ4n) is 2.46. The number of benzene rings is 1. The Kier molecular flexibility index (Phi) is 6.21. The largest absolute Gasteiger partial charge is 0.493 e. The van der Waals surface area contributed by atoms with Crippen LogP contribution in [0.15, 0.2) is 24.3 Å². The molecule has 2 rings (SSSR count). The number of thioether (sulfide) groups is 1. The van der Waals surface area contributed by atoms with Crippen molar-refractivity contribution in [3.63, 3.8) is 0 Å². The Morgan fingerprint density at radius 1 is 1.40 bits per heavy atom. The first-order valence-corrected chi connectivity index (χ1v) is 8.26. The molecular formula is C15H22N2O2S. The molecule has 1 aromatic rings. The minimum atomic E-state index is -0.300. The highest BCUT2D eigenvalue weighted by Crippen LogP contribution is 2.27. The predicted molar refractivity (Wildman–Crippen MR) is 82.9 cm³/mol. The highest BCUT2D eigenvalue weighted by Gasteiger charge is 2.14. The summed E-state index contributed by atoms with van der Waals surface area (Å²) in [5.74, 6) is 8.68. The van der Waals surface area contributed by atoms with Crippen molar-refractivity contribution >= 4 is 17.7 Å². The van der Waals surface area contributed by atoms with Crippen LogP contribution in [0.25, 0.3) is 0 Å². The van der Waals surface area contributed by atoms with Gasteiger partial charge in [0.2, 0.25) is 0 Å². The van der Waals surface area contributed by atoms with Crippen molar-refractivity contribution in [2.45, 2.75) is 25.7 Å². The highest BCUT2D eigenvalue weighted by atomic mass is 32.2. The molecule has 0 heterocycles. The zero-order valence-corrected chi connectivity index (χ0v) is 12.5. The molecule has 4 nitrogen and oxygen atoms in total. The number of carbonyl (C=O) groups is 1. The first kappa shape index (κ1) is 15.2. The van der Waals surface area contributed by atoms with Gasteiger partial charge in [-0.1, -0.05) is 18.9 Å². The van der Waals surface area contributed by atoms with E-state index in [1.807, 2.05) is 17.8 Å². The molecule has 1 aliphatic rings. The number of hydrogen-bond acceptors (Lipinski definition) is 4. The second-order valence-electron chi connectivity index (χ2n) is 5.08. The van der Waals surface area contributed by atoms with Crippen molar-refractivity contribution in [3.8, 4) is 5.75 Å². The van der Waals surface area contributed by atoms with Crippen LogP contribution >= 0.6 is 11.8 Å². The molecule has 1 saturated carbocycles. The lowest BCUT2D eigenvalue weighted by atomic mass is 10.1. The summed E-state index contributed by atoms with van der Waals surface area (Å²) >= 11 is 1.96. The second kappa shape index (κ2) is 8.17. The number of carbonyl (C=O) groups excluding carboxylic acids is 1. The van der Waals surface area contributed by atoms with Gasteiger partial charge in [-0.2, -0.15) is 11.8 Å². The van der Waals surface area contributed by atoms with E-state index in [-0.39, 0.29) is 5.91 Å². The van der Waals surface area contributed by atoms with Crippen molar-refractivity contribution in [1.82, 2.24) is 5.43 Å². The molecule has 1 aromatic carbocycles. The normalized spacial score (nSPS) is 15.2. The maximum absolute atomic E-state index is 11.4. The first-order chi connectivity index (χ1) is 9.79. The van der Waals surface area contributed by atoms with Crippen LogP contribution in [-0.4, -0.2) is 24.0 Å². The Hall–Kier alpha value is -1.20. The summed E-state index contributed by atoms with van der Waals surface area (Å²) in [7, 11) is 0. The standard InChI is InChI=1S/C15H22N2O2S/c16-17-15(18)13-6-3-7-14(10-13)19-8-9-20-11-12-4-1-2-5-12/h3,6-7,10,12H,1-2,4-5,8-9,11,16H2,(H,17,18). The van der Waals surface area contributed by atoms with Crippen LogP contribution in [0.5, 0.6) is 5.75 Å². The quantitative estimate of drug-likeness (QED) is 0.351. The van der Waals surface area contributed by atoms with Gasteiger partial charge in [0, 0.05) is 11.3 Å². The van der Waals surface area contributed by atoms with Gasteiger partial charge < -0.3 is 4.74 Å². The Bertz CT molecular complexity index is 434. The molecule has 1 aliphatic carbocycles. The van der Waals surface area contributed by atoms with Gasteiger partial charge in [0.1, 0.15) is 5.75 Å². The van der Waals surface area contributed by atoms with Gasteiger partial charge in [0.05, 0.1) is 6.61 Å². The molecule has 0 atom stereocenters. The van der Waals surface area contributed by atoms with Crippen molar-refractivity contribution in [2.75, 3.05) is 18.1 Å². The lowest BCUT2D eigenvalue weighted by Gasteiger charge is -2.10. The maximum Gasteiger partial charge on any atom is 0.265 e. The third-order valence-corrected chi connectivity index (χ3v) is 4.71. The number of nitrogens with one attached hydrogen (secondary N) is 1. The molecule has 0 bridgehead atoms. The lowest BCUT2D eigenvalue weighted by molar-refractivity contribution is 0.0953. The number of ether oxygens (including phenoxy) is 1. The van der Waals surface area contributed by atoms with Gasteiger partial charge in [-0.25, -0.2) is 5.84 Å². The van der Waals surface area contributed by atoms with Crippen LogP contribution in [0.4, 0.5) is 0 Å². The number of hydrazine groups is 1. The maximum atomic E-state index is 11.4. The van der Waals surface area contributed by atoms with Crippen LogP contribution in [0.3, 0.4) is 0 Å². The Balaban J connectivity index is 1.67. The van der Waals surface area contributed by atoms with Crippen LogP contribution < -0.4 is 16.0 Å². The summed E-state index contributed by atoms with van der Waals surface area (Å²) in [6.45, 7) is 0.672. The topological polar surface area (TPSA) is 64.3 Å². The van der Waals surface area contributed by atoms with E-state index in [4.69, 9.17) is 10.6 Å². The smallest absolute Gasteiger partial charge is 0.265 e. The molecule has 0 saturated heterocycles. The third kappa shape index (κ3) is 4.72. The van der Waals surface area contributed by atoms with E-state index < -0.39 is 0 Å². The molecular weight excluding hydrogens is 272 g/mol. The van der Waals surface area contributed by atoms with Crippen LogP contribution in [0.2, 0.25) is 0 Å². The lowest BCUT2D eigenvalue weighted by Crippen LogP contribution is -2.29. The Labute approximate surface area is 124 Å². The molecule has 1 amide bonds. The molecule has 5 heteroatoms. The molecule has 20 heavy (non-hydrogen) atoms. The van der Waals surface area contributed by atoms with Crippen molar-refractivity contribution in [3.05, 3.63) is 29.8 Å². The van der Waals surface area contributed by atoms with Gasteiger partial charge in [0.25, 0.3) is 5.91 Å². The Morgan fingerprint density at radius 3 is 2.95 bits per heavy atom. The first-order valence-electron chi connectivity index (χ1n) is 7.11. The molecule has 0 unspecified atom stereocenters. The van der Waals surface area contributed by atoms with Crippen LogP contribution in [0.1, 0.15) is 36.0 Å². The number of rotatable bonds is 7. The number of amides is 1. The van der Waals surface area contributed by atoms with E-state index >= 15 is 0 Å². The SMILES string of the molecule is NNC(=O)c1cccc(OCCSCC2CCCC2)c1. The molecule has 0 aliphatic heterocycles. The van der Waals surface area contributed by atoms with Crippen molar-refractivity contribution in [1.29, 1.82) is 0 Å². The predicted octanol–water partition coefficient (Wildman–Crippen LogP) is 2.59. The van der Waals surface area contributed by atoms with E-state index in [2.05, 4.69) is 5.43 Å². The van der Waals surface area contributed by atoms with E-state index in [1.54, 1.807) is 18.2 Å². The molecule has 3 N–H and O–H groups in total. The number of nitrogen functional groups attached to an aromatic ring is 1. The molecule has 1 fully saturated rings. The summed E-state index contributed by atoms with van der Waals surface area (Å²) in [5.41, 5.74) is 2.63. The van der Waals surface area contributed by atoms with E-state index in [1.165, 1.54) is 31.4 Å². The zero-order valence-electron chi connectivity index (χ0n) is 11.6. The average molecular weight is 294 g/mol. The number of hydrogen-bond donors (Lipinski definition) is 2. The van der Waals surface area contributed by atoms with E-state index in [9.17, 15) is 4.79 Å². The zero-order chi connectivity index (χ0) is 14.2. The minimum Gasteiger partial charge on any atom is -0.493 e. The van der Waals surface area contributed by atoms with Crippen molar-refractivity contribution in [2.24, 2.45) is 11.8 Å². The molecule has 0 radical (unpaired) electrons. The monoisotopic (exact) mass is 294 g/mol. The van der Waals surface area contributed by atoms with Gasteiger partial charge >= 0.3 is 0 Å². The molecule has 0 aromatic heterocycles. The fourth-order valence-corrected chi connectivity index (χ4v) is 3.49. The van der Waals surface area contributed by atoms with Gasteiger partial charge in [-0.15, -0.1) is 0 Å². The number of nitrogens with two attached hydrogens (primary N) is 1. The fraction of sp³-hybridized carbons (Fsp3) is 0.533. The minimum absolute atomic E-state index is 0.300. The van der Waals surface area contributed by atoms with Gasteiger partial charge in [-0.3, -0.25) is 10.2 Å². The summed E-state index contributed by atoms with van der Waals surface area (Å²) in [5, 5.41) is 0. The van der Waals surface area contributed by atoms with Crippen molar-refractivity contribution < 1.29 is 9.53 Å². The van der Waals surface area contributed by atoms with Crippen LogP contribution in [0, 0.1) is 5.92 Å². The van der Waals surface area contributed by atoms with E-state index in [0.717, 1.165) is 11.7 Å². The van der Waals surface area contributed by atoms with Crippen LogP contribution in [-0.2, 0) is 0 Å². The van der Waals surface area contributed by atoms with Gasteiger partial charge in [-0.05, 0) is 42.7 Å². The average Bonchev–Trinajstić information content (AvgIpc) is 2.99. The summed E-state index contributed by atoms with van der Waals surface area (Å²) in [6.07, 6.45) is 5.59. The molecule has 110 valence electrons. The highest BCUT2D eigenvalue weighted by molar-refractivity contribution is 7.99. The van der Waals surface area contributed by atoms with Gasteiger partial charge in [0.15, 0.2) is 0 Å². The summed E-state index contributed by atoms with van der Waals surface area (Å²) < 4.78 is 5.66. The molecule has 0 spiro atoms.